The van der Waals surface area contributed by atoms with Crippen molar-refractivity contribution in [2.24, 2.45) is 5.73 Å². The molecule has 1 fully saturated rings. The van der Waals surface area contributed by atoms with E-state index in [0.29, 0.717) is 6.42 Å². The maximum atomic E-state index is 12.0. The Hall–Kier alpha value is -0.220. The van der Waals surface area contributed by atoms with Crippen LogP contribution >= 0.6 is 11.8 Å². The molecule has 0 saturated heterocycles. The third kappa shape index (κ3) is 4.16. The number of rotatable bonds is 7. The summed E-state index contributed by atoms with van der Waals surface area (Å²) in [6.45, 7) is 5.14. The van der Waals surface area contributed by atoms with E-state index < -0.39 is 0 Å². The lowest BCUT2D eigenvalue weighted by Gasteiger charge is -2.30. The average Bonchev–Trinajstić information content (AvgIpc) is 2.78. The minimum atomic E-state index is -0.232. The Labute approximate surface area is 116 Å². The number of carbonyl (C=O) groups is 1. The number of nitrogens with one attached hydrogen (secondary N) is 1. The Balaban J connectivity index is 2.40. The van der Waals surface area contributed by atoms with Crippen molar-refractivity contribution in [3.05, 3.63) is 0 Å². The highest BCUT2D eigenvalue weighted by molar-refractivity contribution is 8.00. The van der Waals surface area contributed by atoms with Crippen LogP contribution in [0.4, 0.5) is 0 Å². The highest BCUT2D eigenvalue weighted by Crippen LogP contribution is 2.31. The van der Waals surface area contributed by atoms with Gasteiger partial charge in [-0.3, -0.25) is 4.79 Å². The van der Waals surface area contributed by atoms with Gasteiger partial charge in [0.2, 0.25) is 5.91 Å². The molecule has 3 N–H and O–H groups in total. The molecule has 3 nitrogen and oxygen atoms in total. The molecule has 106 valence electrons. The summed E-state index contributed by atoms with van der Waals surface area (Å²) in [5.41, 5.74) is 6.00. The van der Waals surface area contributed by atoms with Gasteiger partial charge in [-0.05, 0) is 31.9 Å². The number of carbonyl (C=O) groups excluding carboxylic acids is 1. The highest BCUT2D eigenvalue weighted by Gasteiger charge is 2.32. The van der Waals surface area contributed by atoms with Gasteiger partial charge in [-0.1, -0.05) is 26.7 Å². The van der Waals surface area contributed by atoms with Crippen molar-refractivity contribution in [1.82, 2.24) is 5.32 Å². The van der Waals surface area contributed by atoms with E-state index in [9.17, 15) is 4.79 Å². The first-order chi connectivity index (χ1) is 8.49. The normalized spacial score (nSPS) is 18.9. The smallest absolute Gasteiger partial charge is 0.221 e. The number of amides is 1. The fourth-order valence-corrected chi connectivity index (χ4v) is 3.55. The molecular formula is C14H28N2OS. The lowest BCUT2D eigenvalue weighted by atomic mass is 9.94. The quantitative estimate of drug-likeness (QED) is 0.749. The summed E-state index contributed by atoms with van der Waals surface area (Å²) >= 11 is 1.86. The number of hydrogen-bond acceptors (Lipinski definition) is 3. The van der Waals surface area contributed by atoms with Gasteiger partial charge in [0.05, 0.1) is 0 Å². The summed E-state index contributed by atoms with van der Waals surface area (Å²) < 4.78 is 0.188. The van der Waals surface area contributed by atoms with Crippen LogP contribution in [0.3, 0.4) is 0 Å². The van der Waals surface area contributed by atoms with E-state index in [-0.39, 0.29) is 16.2 Å². The predicted octanol–water partition coefficient (Wildman–Crippen LogP) is 2.69. The van der Waals surface area contributed by atoms with Crippen LogP contribution in [0, 0.1) is 0 Å². The predicted molar refractivity (Wildman–Crippen MR) is 79.8 cm³/mol. The number of nitrogens with two attached hydrogens (primary N) is 1. The Morgan fingerprint density at radius 3 is 2.33 bits per heavy atom. The minimum Gasteiger partial charge on any atom is -0.355 e. The van der Waals surface area contributed by atoms with Crippen LogP contribution in [-0.2, 0) is 4.79 Å². The van der Waals surface area contributed by atoms with E-state index in [1.165, 1.54) is 12.8 Å². The zero-order chi connectivity index (χ0) is 13.6. The summed E-state index contributed by atoms with van der Waals surface area (Å²) in [7, 11) is 0. The zero-order valence-corrected chi connectivity index (χ0v) is 12.9. The summed E-state index contributed by atoms with van der Waals surface area (Å²) in [4.78, 5) is 12.0. The largest absolute Gasteiger partial charge is 0.355 e. The summed E-state index contributed by atoms with van der Waals surface area (Å²) in [5, 5.41) is 3.09. The van der Waals surface area contributed by atoms with Crippen molar-refractivity contribution in [2.75, 3.05) is 12.8 Å². The molecule has 0 aromatic rings. The lowest BCUT2D eigenvalue weighted by molar-refractivity contribution is -0.122. The van der Waals surface area contributed by atoms with Crippen LogP contribution in [-0.4, -0.2) is 29.0 Å². The number of thioether (sulfide) groups is 1. The molecule has 0 atom stereocenters. The second-order valence-electron chi connectivity index (χ2n) is 5.62. The van der Waals surface area contributed by atoms with Gasteiger partial charge in [0.25, 0.3) is 0 Å². The van der Waals surface area contributed by atoms with Crippen LogP contribution in [0.15, 0.2) is 0 Å². The van der Waals surface area contributed by atoms with E-state index in [0.717, 1.165) is 32.2 Å². The van der Waals surface area contributed by atoms with Gasteiger partial charge in [0, 0.05) is 23.3 Å². The molecule has 18 heavy (non-hydrogen) atoms. The molecule has 0 bridgehead atoms. The average molecular weight is 272 g/mol. The molecule has 1 rings (SSSR count). The molecule has 4 heteroatoms. The summed E-state index contributed by atoms with van der Waals surface area (Å²) in [6.07, 6.45) is 9.11. The highest BCUT2D eigenvalue weighted by atomic mass is 32.2. The van der Waals surface area contributed by atoms with E-state index in [1.54, 1.807) is 0 Å². The van der Waals surface area contributed by atoms with Crippen LogP contribution in [0.5, 0.6) is 0 Å². The van der Waals surface area contributed by atoms with Crippen molar-refractivity contribution < 1.29 is 4.79 Å². The maximum absolute atomic E-state index is 12.0. The van der Waals surface area contributed by atoms with Gasteiger partial charge in [0.15, 0.2) is 0 Å². The fraction of sp³-hybridized carbons (Fsp3) is 0.929. The third-order valence-electron chi connectivity index (χ3n) is 4.44. The van der Waals surface area contributed by atoms with Crippen molar-refractivity contribution in [3.8, 4) is 0 Å². The molecule has 0 aliphatic heterocycles. The monoisotopic (exact) mass is 272 g/mol. The van der Waals surface area contributed by atoms with E-state index in [1.807, 2.05) is 11.8 Å². The summed E-state index contributed by atoms with van der Waals surface area (Å²) in [6, 6.07) is 0. The molecule has 0 unspecified atom stereocenters. The van der Waals surface area contributed by atoms with Gasteiger partial charge >= 0.3 is 0 Å². The maximum Gasteiger partial charge on any atom is 0.221 e. The van der Waals surface area contributed by atoms with Gasteiger partial charge in [-0.15, -0.1) is 0 Å². The first-order valence-electron chi connectivity index (χ1n) is 7.10. The molecular weight excluding hydrogens is 244 g/mol. The van der Waals surface area contributed by atoms with Crippen LogP contribution < -0.4 is 11.1 Å². The van der Waals surface area contributed by atoms with Crippen molar-refractivity contribution in [3.63, 3.8) is 0 Å². The van der Waals surface area contributed by atoms with Gasteiger partial charge < -0.3 is 11.1 Å². The molecule has 0 aromatic carbocycles. The van der Waals surface area contributed by atoms with Gasteiger partial charge in [-0.25, -0.2) is 0 Å². The third-order valence-corrected chi connectivity index (χ3v) is 6.03. The van der Waals surface area contributed by atoms with E-state index in [2.05, 4.69) is 25.4 Å². The fourth-order valence-electron chi connectivity index (χ4n) is 2.76. The molecule has 1 aliphatic rings. The van der Waals surface area contributed by atoms with Crippen LogP contribution in [0.25, 0.3) is 0 Å². The zero-order valence-electron chi connectivity index (χ0n) is 12.1. The molecule has 0 heterocycles. The molecule has 1 amide bonds. The minimum absolute atomic E-state index is 0.125. The SMILES string of the molecule is CCC(CC)(CNC(=O)CC1(N)CCCC1)SC. The second kappa shape index (κ2) is 6.80. The Kier molecular flexibility index (Phi) is 5.99. The number of hydrogen-bond donors (Lipinski definition) is 2. The van der Waals surface area contributed by atoms with Crippen molar-refractivity contribution in [2.45, 2.75) is 69.1 Å². The molecule has 0 radical (unpaired) electrons. The Morgan fingerprint density at radius 2 is 1.89 bits per heavy atom. The molecule has 1 saturated carbocycles. The van der Waals surface area contributed by atoms with Gasteiger partial charge in [0.1, 0.15) is 0 Å². The standard InChI is InChI=1S/C14H28N2OS/c1-4-14(5-2,18-3)11-16-12(17)10-13(15)8-6-7-9-13/h4-11,15H2,1-3H3,(H,16,17). The Morgan fingerprint density at radius 1 is 1.33 bits per heavy atom. The molecule has 1 aliphatic carbocycles. The molecule has 0 spiro atoms. The van der Waals surface area contributed by atoms with E-state index in [4.69, 9.17) is 5.73 Å². The van der Waals surface area contributed by atoms with E-state index >= 15 is 0 Å². The first-order valence-corrected chi connectivity index (χ1v) is 8.32. The van der Waals surface area contributed by atoms with Gasteiger partial charge in [-0.2, -0.15) is 11.8 Å². The second-order valence-corrected chi connectivity index (χ2v) is 6.89. The Bertz CT molecular complexity index is 263. The topological polar surface area (TPSA) is 55.1 Å². The lowest BCUT2D eigenvalue weighted by Crippen LogP contribution is -2.45. The summed E-state index contributed by atoms with van der Waals surface area (Å²) in [5.74, 6) is 0.125. The first kappa shape index (κ1) is 15.8. The van der Waals surface area contributed by atoms with Crippen LogP contribution in [0.2, 0.25) is 0 Å². The van der Waals surface area contributed by atoms with Crippen molar-refractivity contribution in [1.29, 1.82) is 0 Å². The molecule has 0 aromatic heterocycles. The van der Waals surface area contributed by atoms with Crippen LogP contribution in [0.1, 0.15) is 58.8 Å². The van der Waals surface area contributed by atoms with Crippen molar-refractivity contribution >= 4 is 17.7 Å².